The van der Waals surface area contributed by atoms with Gasteiger partial charge in [-0.3, -0.25) is 5.41 Å². The van der Waals surface area contributed by atoms with E-state index in [0.29, 0.717) is 11.7 Å². The molecule has 5 heteroatoms. The number of anilines is 2. The van der Waals surface area contributed by atoms with Crippen LogP contribution < -0.4 is 16.0 Å². The Kier molecular flexibility index (Phi) is 5.31. The summed E-state index contributed by atoms with van der Waals surface area (Å²) in [4.78, 5) is 2.04. The van der Waals surface area contributed by atoms with Gasteiger partial charge in [-0.05, 0) is 29.5 Å². The van der Waals surface area contributed by atoms with Gasteiger partial charge >= 0.3 is 0 Å². The zero-order chi connectivity index (χ0) is 12.8. The lowest BCUT2D eigenvalue weighted by atomic mass is 10.1. The summed E-state index contributed by atoms with van der Waals surface area (Å²) in [5, 5.41) is 11.2. The second kappa shape index (κ2) is 6.51. The number of benzene rings is 1. The summed E-state index contributed by atoms with van der Waals surface area (Å²) in [5.74, 6) is 0.894. The molecule has 0 heterocycles. The Bertz CT molecular complexity index is 390. The van der Waals surface area contributed by atoms with Gasteiger partial charge in [0.05, 0.1) is 0 Å². The van der Waals surface area contributed by atoms with E-state index in [9.17, 15) is 0 Å². The molecule has 94 valence electrons. The largest absolute Gasteiger partial charge is 0.377 e. The van der Waals surface area contributed by atoms with Crippen molar-refractivity contribution in [3.8, 4) is 0 Å². The van der Waals surface area contributed by atoms with Crippen LogP contribution in [0.25, 0.3) is 0 Å². The Hall–Kier alpha value is -1.20. The van der Waals surface area contributed by atoms with Crippen molar-refractivity contribution in [3.63, 3.8) is 0 Å². The van der Waals surface area contributed by atoms with Crippen LogP contribution in [0.2, 0.25) is 0 Å². The molecular weight excluding hydrogens is 232 g/mol. The summed E-state index contributed by atoms with van der Waals surface area (Å²) in [6, 6.07) is 5.99. The standard InChI is InChI=1S/C12H20N4S/c1-4-17-12(14)15-10-5-6-11(16(2)3)9(7-10)8-13/h5-7H,4,8,13H2,1-3H3,(H2,14,15). The molecule has 0 aliphatic carbocycles. The van der Waals surface area contributed by atoms with Crippen molar-refractivity contribution in [2.45, 2.75) is 13.5 Å². The molecule has 4 nitrogen and oxygen atoms in total. The molecule has 0 radical (unpaired) electrons. The molecule has 0 unspecified atom stereocenters. The highest BCUT2D eigenvalue weighted by Crippen LogP contribution is 2.23. The first-order valence-electron chi connectivity index (χ1n) is 5.57. The third kappa shape index (κ3) is 3.94. The molecule has 4 N–H and O–H groups in total. The summed E-state index contributed by atoms with van der Waals surface area (Å²) in [6.07, 6.45) is 0. The third-order valence-electron chi connectivity index (χ3n) is 2.33. The van der Waals surface area contributed by atoms with Crippen molar-refractivity contribution in [2.75, 3.05) is 30.1 Å². The monoisotopic (exact) mass is 252 g/mol. The van der Waals surface area contributed by atoms with Crippen molar-refractivity contribution in [3.05, 3.63) is 23.8 Å². The maximum Gasteiger partial charge on any atom is 0.158 e. The van der Waals surface area contributed by atoms with Crippen LogP contribution in [0.3, 0.4) is 0 Å². The van der Waals surface area contributed by atoms with E-state index in [1.165, 1.54) is 11.8 Å². The Balaban J connectivity index is 2.86. The quantitative estimate of drug-likeness (QED) is 0.568. The highest BCUT2D eigenvalue weighted by atomic mass is 32.2. The van der Waals surface area contributed by atoms with Crippen LogP contribution >= 0.6 is 11.8 Å². The van der Waals surface area contributed by atoms with Gasteiger partial charge in [0.1, 0.15) is 0 Å². The SMILES string of the molecule is CCSC(=N)Nc1ccc(N(C)C)c(CN)c1. The number of nitrogens with two attached hydrogens (primary N) is 1. The van der Waals surface area contributed by atoms with Gasteiger partial charge in [-0.2, -0.15) is 0 Å². The lowest BCUT2D eigenvalue weighted by Gasteiger charge is -2.18. The second-order valence-electron chi connectivity index (χ2n) is 3.83. The van der Waals surface area contributed by atoms with Crippen LogP contribution in [0.5, 0.6) is 0 Å². The highest BCUT2D eigenvalue weighted by Gasteiger charge is 2.05. The van der Waals surface area contributed by atoms with Crippen molar-refractivity contribution < 1.29 is 0 Å². The first-order chi connectivity index (χ1) is 8.08. The van der Waals surface area contributed by atoms with Gasteiger partial charge in [-0.15, -0.1) is 0 Å². The minimum Gasteiger partial charge on any atom is -0.377 e. The van der Waals surface area contributed by atoms with E-state index in [0.717, 1.165) is 22.7 Å². The second-order valence-corrected chi connectivity index (χ2v) is 5.10. The molecule has 0 saturated heterocycles. The molecule has 1 aromatic carbocycles. The van der Waals surface area contributed by atoms with Crippen LogP contribution in [0.4, 0.5) is 11.4 Å². The topological polar surface area (TPSA) is 65.1 Å². The minimum atomic E-state index is 0.466. The molecule has 0 spiro atoms. The van der Waals surface area contributed by atoms with Crippen molar-refractivity contribution >= 4 is 28.3 Å². The van der Waals surface area contributed by atoms with Gasteiger partial charge in [-0.1, -0.05) is 18.7 Å². The van der Waals surface area contributed by atoms with Crippen LogP contribution in [0.15, 0.2) is 18.2 Å². The summed E-state index contributed by atoms with van der Waals surface area (Å²) in [6.45, 7) is 2.53. The number of rotatable bonds is 4. The lowest BCUT2D eigenvalue weighted by Crippen LogP contribution is -2.14. The lowest BCUT2D eigenvalue weighted by molar-refractivity contribution is 1.03. The fraction of sp³-hybridized carbons (Fsp3) is 0.417. The van der Waals surface area contributed by atoms with Crippen LogP contribution in [0.1, 0.15) is 12.5 Å². The first kappa shape index (κ1) is 13.9. The molecule has 0 aliphatic rings. The van der Waals surface area contributed by atoms with Gasteiger partial charge in [0.15, 0.2) is 5.17 Å². The Morgan fingerprint density at radius 2 is 2.18 bits per heavy atom. The van der Waals surface area contributed by atoms with Crippen LogP contribution in [-0.4, -0.2) is 25.0 Å². The summed E-state index contributed by atoms with van der Waals surface area (Å²) < 4.78 is 0. The predicted molar refractivity (Wildman–Crippen MR) is 78.1 cm³/mol. The van der Waals surface area contributed by atoms with Crippen LogP contribution in [0, 0.1) is 5.41 Å². The average Bonchev–Trinajstić information content (AvgIpc) is 2.28. The van der Waals surface area contributed by atoms with Gasteiger partial charge in [0, 0.05) is 32.0 Å². The zero-order valence-corrected chi connectivity index (χ0v) is 11.4. The molecule has 17 heavy (non-hydrogen) atoms. The Morgan fingerprint density at radius 3 is 2.71 bits per heavy atom. The number of thioether (sulfide) groups is 1. The molecule has 0 saturated carbocycles. The Labute approximate surface area is 107 Å². The molecule has 0 atom stereocenters. The average molecular weight is 252 g/mol. The maximum absolute atomic E-state index is 7.70. The fourth-order valence-corrected chi connectivity index (χ4v) is 2.05. The van der Waals surface area contributed by atoms with Gasteiger partial charge in [0.25, 0.3) is 0 Å². The molecule has 0 fully saturated rings. The Morgan fingerprint density at radius 1 is 1.47 bits per heavy atom. The minimum absolute atomic E-state index is 0.466. The normalized spacial score (nSPS) is 10.1. The summed E-state index contributed by atoms with van der Waals surface area (Å²) in [5.41, 5.74) is 8.85. The summed E-state index contributed by atoms with van der Waals surface area (Å²) in [7, 11) is 3.99. The smallest absolute Gasteiger partial charge is 0.158 e. The van der Waals surface area contributed by atoms with E-state index < -0.39 is 0 Å². The van der Waals surface area contributed by atoms with E-state index in [-0.39, 0.29) is 0 Å². The van der Waals surface area contributed by atoms with E-state index in [1.54, 1.807) is 0 Å². The van der Waals surface area contributed by atoms with E-state index in [2.05, 4.69) is 5.32 Å². The van der Waals surface area contributed by atoms with Crippen molar-refractivity contribution in [1.82, 2.24) is 0 Å². The molecule has 0 aliphatic heterocycles. The van der Waals surface area contributed by atoms with E-state index in [4.69, 9.17) is 11.1 Å². The molecule has 0 bridgehead atoms. The number of hydrogen-bond donors (Lipinski definition) is 3. The first-order valence-corrected chi connectivity index (χ1v) is 6.55. The number of nitrogens with zero attached hydrogens (tertiary/aromatic N) is 1. The van der Waals surface area contributed by atoms with E-state index >= 15 is 0 Å². The van der Waals surface area contributed by atoms with Gasteiger partial charge < -0.3 is 16.0 Å². The molecule has 0 aromatic heterocycles. The fourth-order valence-electron chi connectivity index (χ4n) is 1.57. The number of amidine groups is 1. The molecule has 1 rings (SSSR count). The molecule has 0 amide bonds. The predicted octanol–water partition coefficient (Wildman–Crippen LogP) is 2.31. The van der Waals surface area contributed by atoms with Crippen molar-refractivity contribution in [2.24, 2.45) is 5.73 Å². The maximum atomic E-state index is 7.70. The highest BCUT2D eigenvalue weighted by molar-refractivity contribution is 8.14. The third-order valence-corrected chi connectivity index (χ3v) is 3.01. The van der Waals surface area contributed by atoms with Gasteiger partial charge in [-0.25, -0.2) is 0 Å². The number of hydrogen-bond acceptors (Lipinski definition) is 4. The van der Waals surface area contributed by atoms with Crippen LogP contribution in [-0.2, 0) is 6.54 Å². The zero-order valence-electron chi connectivity index (χ0n) is 10.6. The molecule has 1 aromatic rings. The van der Waals surface area contributed by atoms with Crippen molar-refractivity contribution in [1.29, 1.82) is 5.41 Å². The van der Waals surface area contributed by atoms with Gasteiger partial charge in [0.2, 0.25) is 0 Å². The molecular formula is C12H20N4S. The van der Waals surface area contributed by atoms with E-state index in [1.807, 2.05) is 44.1 Å². The number of nitrogens with one attached hydrogen (secondary N) is 2. The summed E-state index contributed by atoms with van der Waals surface area (Å²) >= 11 is 1.48.